The summed E-state index contributed by atoms with van der Waals surface area (Å²) in [5, 5.41) is 29.4. The van der Waals surface area contributed by atoms with Crippen LogP contribution in [-0.2, 0) is 4.79 Å². The van der Waals surface area contributed by atoms with Crippen molar-refractivity contribution < 1.29 is 14.3 Å². The molecule has 3 rings (SSSR count). The van der Waals surface area contributed by atoms with Crippen molar-refractivity contribution in [2.75, 3.05) is 20.1 Å². The first-order valence-electron chi connectivity index (χ1n) is 7.87. The summed E-state index contributed by atoms with van der Waals surface area (Å²) in [5.41, 5.74) is 4.56. The number of hydrogen-bond donors (Lipinski definition) is 2. The van der Waals surface area contributed by atoms with Crippen molar-refractivity contribution in [1.29, 1.82) is 10.5 Å². The molecule has 0 saturated heterocycles. The van der Waals surface area contributed by atoms with Crippen molar-refractivity contribution in [3.63, 3.8) is 0 Å². The smallest absolute Gasteiger partial charge is 0.337 e. The van der Waals surface area contributed by atoms with Gasteiger partial charge in [-0.15, -0.1) is 0 Å². The Balaban J connectivity index is 2.35. The Kier molecular flexibility index (Phi) is 3.90. The molecule has 25 heavy (non-hydrogen) atoms. The molecule has 0 unspecified atom stereocenters. The molecule has 1 aliphatic heterocycles. The van der Waals surface area contributed by atoms with Crippen molar-refractivity contribution in [2.24, 2.45) is 17.1 Å². The zero-order valence-electron chi connectivity index (χ0n) is 14.0. The van der Waals surface area contributed by atoms with Crippen molar-refractivity contribution in [3.05, 3.63) is 46.6 Å². The van der Waals surface area contributed by atoms with E-state index in [4.69, 9.17) is 10.2 Å². The molecule has 2 heterocycles. The molecule has 2 aliphatic rings. The lowest BCUT2D eigenvalue weighted by atomic mass is 9.59. The van der Waals surface area contributed by atoms with Crippen LogP contribution < -0.4 is 5.73 Å². The van der Waals surface area contributed by atoms with Crippen LogP contribution in [0.25, 0.3) is 0 Å². The van der Waals surface area contributed by atoms with E-state index in [1.54, 1.807) is 19.1 Å². The van der Waals surface area contributed by atoms with Gasteiger partial charge in [-0.25, -0.2) is 4.79 Å². The van der Waals surface area contributed by atoms with Crippen LogP contribution in [-0.4, -0.2) is 36.1 Å². The third kappa shape index (κ3) is 2.33. The van der Waals surface area contributed by atoms with Gasteiger partial charge in [-0.2, -0.15) is 10.5 Å². The number of fused-ring (bicyclic) bond motifs is 1. The second-order valence-corrected chi connectivity index (χ2v) is 6.54. The lowest BCUT2D eigenvalue weighted by Gasteiger charge is -2.44. The largest absolute Gasteiger partial charge is 0.478 e. The van der Waals surface area contributed by atoms with Gasteiger partial charge in [0, 0.05) is 19.0 Å². The minimum Gasteiger partial charge on any atom is -0.478 e. The van der Waals surface area contributed by atoms with Crippen LogP contribution in [0.15, 0.2) is 39.5 Å². The van der Waals surface area contributed by atoms with Gasteiger partial charge in [0.2, 0.25) is 0 Å². The minimum atomic E-state index is -1.79. The zero-order valence-corrected chi connectivity index (χ0v) is 14.0. The number of likely N-dealkylation sites (N-methyl/N-ethyl adjacent to an activating group) is 1. The van der Waals surface area contributed by atoms with E-state index >= 15 is 0 Å². The molecule has 1 aromatic heterocycles. The zero-order chi connectivity index (χ0) is 18.4. The molecule has 0 spiro atoms. The first-order valence-corrected chi connectivity index (χ1v) is 7.87. The molecular formula is C18H18N4O3. The highest BCUT2D eigenvalue weighted by Crippen LogP contribution is 2.54. The molecule has 0 fully saturated rings. The van der Waals surface area contributed by atoms with E-state index in [-0.39, 0.29) is 17.2 Å². The van der Waals surface area contributed by atoms with Crippen LogP contribution in [0.5, 0.6) is 0 Å². The van der Waals surface area contributed by atoms with Gasteiger partial charge in [-0.1, -0.05) is 6.08 Å². The summed E-state index contributed by atoms with van der Waals surface area (Å²) in [6, 6.07) is 7.48. The molecule has 2 atom stereocenters. The Morgan fingerprint density at radius 3 is 2.64 bits per heavy atom. The van der Waals surface area contributed by atoms with Gasteiger partial charge in [-0.3, -0.25) is 0 Å². The summed E-state index contributed by atoms with van der Waals surface area (Å²) >= 11 is 0. The number of nitriles is 2. The number of aryl methyl sites for hydroxylation is 1. The first-order chi connectivity index (χ1) is 11.9. The van der Waals surface area contributed by atoms with Crippen molar-refractivity contribution in [1.82, 2.24) is 4.90 Å². The second kappa shape index (κ2) is 5.80. The van der Waals surface area contributed by atoms with E-state index in [2.05, 4.69) is 0 Å². The van der Waals surface area contributed by atoms with Gasteiger partial charge < -0.3 is 20.2 Å². The van der Waals surface area contributed by atoms with Crippen LogP contribution in [0.1, 0.15) is 17.4 Å². The third-order valence-electron chi connectivity index (χ3n) is 5.02. The topological polar surface area (TPSA) is 127 Å². The summed E-state index contributed by atoms with van der Waals surface area (Å²) < 4.78 is 5.74. The van der Waals surface area contributed by atoms with Crippen LogP contribution in [0, 0.1) is 40.9 Å². The Morgan fingerprint density at radius 2 is 2.12 bits per heavy atom. The van der Waals surface area contributed by atoms with E-state index in [0.29, 0.717) is 30.2 Å². The maximum atomic E-state index is 11.8. The number of carboxylic acids is 1. The number of furan rings is 1. The average Bonchev–Trinajstić information content (AvgIpc) is 2.99. The van der Waals surface area contributed by atoms with E-state index in [9.17, 15) is 20.4 Å². The normalized spacial score (nSPS) is 25.5. The van der Waals surface area contributed by atoms with Crippen LogP contribution in [0.4, 0.5) is 0 Å². The molecule has 0 radical (unpaired) electrons. The molecule has 0 bridgehead atoms. The summed E-state index contributed by atoms with van der Waals surface area (Å²) in [6.45, 7) is 2.86. The quantitative estimate of drug-likeness (QED) is 0.836. The fourth-order valence-corrected chi connectivity index (χ4v) is 3.86. The number of carboxylic acid groups (broad SMARTS) is 1. The maximum Gasteiger partial charge on any atom is 0.337 e. The maximum absolute atomic E-state index is 11.8. The van der Waals surface area contributed by atoms with Gasteiger partial charge in [-0.05, 0) is 31.7 Å². The highest BCUT2D eigenvalue weighted by Gasteiger charge is 2.56. The van der Waals surface area contributed by atoms with Crippen molar-refractivity contribution in [3.8, 4) is 12.1 Å². The van der Waals surface area contributed by atoms with E-state index < -0.39 is 17.3 Å². The molecule has 3 N–H and O–H groups in total. The monoisotopic (exact) mass is 338 g/mol. The standard InChI is InChI=1S/C18H18N4O3/c1-10-3-4-13(25-10)15-12-7-22(2)6-5-11(12)14(17(23)24)16(21)18(15,8-19)9-20/h3-5,12,15H,6-7,21H2,1-2H3,(H,23,24)/t12-,15+/m1/s1. The Morgan fingerprint density at radius 1 is 1.44 bits per heavy atom. The highest BCUT2D eigenvalue weighted by molar-refractivity contribution is 5.94. The molecular weight excluding hydrogens is 320 g/mol. The lowest BCUT2D eigenvalue weighted by Crippen LogP contribution is -2.48. The molecule has 0 amide bonds. The number of rotatable bonds is 2. The molecule has 0 aromatic carbocycles. The molecule has 7 heteroatoms. The third-order valence-corrected chi connectivity index (χ3v) is 5.02. The van der Waals surface area contributed by atoms with Gasteiger partial charge in [0.15, 0.2) is 5.41 Å². The first kappa shape index (κ1) is 16.8. The summed E-state index contributed by atoms with van der Waals surface area (Å²) in [5.74, 6) is -1.14. The van der Waals surface area contributed by atoms with Gasteiger partial charge >= 0.3 is 5.97 Å². The molecule has 1 aromatic rings. The number of hydrogen-bond acceptors (Lipinski definition) is 6. The van der Waals surface area contributed by atoms with Crippen molar-refractivity contribution in [2.45, 2.75) is 12.8 Å². The van der Waals surface area contributed by atoms with E-state index in [1.165, 1.54) is 0 Å². The molecule has 0 saturated carbocycles. The number of aliphatic carboxylic acids is 1. The second-order valence-electron chi connectivity index (χ2n) is 6.54. The van der Waals surface area contributed by atoms with Crippen LogP contribution >= 0.6 is 0 Å². The number of nitrogens with two attached hydrogens (primary N) is 1. The molecule has 7 nitrogen and oxygen atoms in total. The van der Waals surface area contributed by atoms with Crippen molar-refractivity contribution >= 4 is 5.97 Å². The Bertz CT molecular complexity index is 867. The summed E-state index contributed by atoms with van der Waals surface area (Å²) in [4.78, 5) is 13.8. The number of carbonyl (C=O) groups is 1. The van der Waals surface area contributed by atoms with E-state index in [0.717, 1.165) is 0 Å². The molecule has 128 valence electrons. The molecule has 1 aliphatic carbocycles. The Hall–Kier alpha value is -3.03. The minimum absolute atomic E-state index is 0.124. The fourth-order valence-electron chi connectivity index (χ4n) is 3.86. The predicted molar refractivity (Wildman–Crippen MR) is 87.8 cm³/mol. The number of nitrogens with zero attached hydrogens (tertiary/aromatic N) is 3. The summed E-state index contributed by atoms with van der Waals surface area (Å²) in [6.07, 6.45) is 1.81. The SMILES string of the molecule is Cc1ccc([C@@H]2[C@@H]3CN(C)CC=C3C(C(=O)O)=C(N)C2(C#N)C#N)o1. The number of allylic oxidation sites excluding steroid dienone is 1. The average molecular weight is 338 g/mol. The lowest BCUT2D eigenvalue weighted by molar-refractivity contribution is -0.132. The van der Waals surface area contributed by atoms with Gasteiger partial charge in [0.05, 0.1) is 29.3 Å². The summed E-state index contributed by atoms with van der Waals surface area (Å²) in [7, 11) is 1.90. The van der Waals surface area contributed by atoms with Crippen LogP contribution in [0.2, 0.25) is 0 Å². The Labute approximate surface area is 145 Å². The highest BCUT2D eigenvalue weighted by atomic mass is 16.4. The van der Waals surface area contributed by atoms with Gasteiger partial charge in [0.25, 0.3) is 0 Å². The van der Waals surface area contributed by atoms with E-state index in [1.807, 2.05) is 30.2 Å². The predicted octanol–water partition coefficient (Wildman–Crippen LogP) is 1.50. The van der Waals surface area contributed by atoms with Crippen LogP contribution in [0.3, 0.4) is 0 Å². The van der Waals surface area contributed by atoms with Gasteiger partial charge in [0.1, 0.15) is 11.5 Å². The fraction of sp³-hybridized carbons (Fsp3) is 0.389.